The Morgan fingerprint density at radius 3 is 2.50 bits per heavy atom. The molecule has 0 atom stereocenters. The van der Waals surface area contributed by atoms with Crippen LogP contribution in [-0.4, -0.2) is 60.6 Å². The SMILES string of the molecule is CN(C)C(=O)NC1CCN(CC(N)=S)CC1. The molecule has 0 aromatic rings. The zero-order valence-corrected chi connectivity index (χ0v) is 10.7. The molecule has 1 aliphatic rings. The van der Waals surface area contributed by atoms with Crippen LogP contribution in [0.25, 0.3) is 0 Å². The van der Waals surface area contributed by atoms with Gasteiger partial charge >= 0.3 is 6.03 Å². The summed E-state index contributed by atoms with van der Waals surface area (Å²) in [6.45, 7) is 2.56. The Morgan fingerprint density at radius 2 is 2.06 bits per heavy atom. The second kappa shape index (κ2) is 6.00. The van der Waals surface area contributed by atoms with Crippen molar-refractivity contribution in [2.75, 3.05) is 33.7 Å². The number of nitrogens with two attached hydrogens (primary N) is 1. The summed E-state index contributed by atoms with van der Waals surface area (Å²) in [4.78, 5) is 15.7. The van der Waals surface area contributed by atoms with Crippen LogP contribution < -0.4 is 11.1 Å². The molecule has 2 amide bonds. The minimum absolute atomic E-state index is 0.0206. The van der Waals surface area contributed by atoms with Crippen LogP contribution in [0.5, 0.6) is 0 Å². The summed E-state index contributed by atoms with van der Waals surface area (Å²) >= 11 is 4.87. The number of hydrogen-bond acceptors (Lipinski definition) is 3. The highest BCUT2D eigenvalue weighted by atomic mass is 32.1. The van der Waals surface area contributed by atoms with E-state index in [1.165, 1.54) is 0 Å². The number of thiocarbonyl (C=S) groups is 1. The molecule has 1 fully saturated rings. The average Bonchev–Trinajstić information content (AvgIpc) is 2.20. The molecule has 0 bridgehead atoms. The zero-order valence-electron chi connectivity index (χ0n) is 9.90. The van der Waals surface area contributed by atoms with Gasteiger partial charge in [0.1, 0.15) is 0 Å². The molecule has 5 nitrogen and oxygen atoms in total. The van der Waals surface area contributed by atoms with Gasteiger partial charge in [0, 0.05) is 39.8 Å². The summed E-state index contributed by atoms with van der Waals surface area (Å²) in [6.07, 6.45) is 1.92. The molecule has 1 rings (SSSR count). The van der Waals surface area contributed by atoms with Crippen molar-refractivity contribution in [2.45, 2.75) is 18.9 Å². The maximum absolute atomic E-state index is 11.4. The third-order valence-corrected chi connectivity index (χ3v) is 2.83. The van der Waals surface area contributed by atoms with Crippen molar-refractivity contribution in [1.82, 2.24) is 15.1 Å². The van der Waals surface area contributed by atoms with Crippen LogP contribution >= 0.6 is 12.2 Å². The topological polar surface area (TPSA) is 61.6 Å². The lowest BCUT2D eigenvalue weighted by Crippen LogP contribution is -2.48. The van der Waals surface area contributed by atoms with E-state index in [9.17, 15) is 4.79 Å². The smallest absolute Gasteiger partial charge is 0.317 e. The maximum atomic E-state index is 11.4. The van der Waals surface area contributed by atoms with Gasteiger partial charge < -0.3 is 16.0 Å². The van der Waals surface area contributed by atoms with Crippen molar-refractivity contribution < 1.29 is 4.79 Å². The highest BCUT2D eigenvalue weighted by Crippen LogP contribution is 2.10. The van der Waals surface area contributed by atoms with Crippen molar-refractivity contribution in [1.29, 1.82) is 0 Å². The lowest BCUT2D eigenvalue weighted by Gasteiger charge is -2.32. The van der Waals surface area contributed by atoms with Crippen LogP contribution in [0.2, 0.25) is 0 Å². The normalized spacial score (nSPS) is 18.1. The number of likely N-dealkylation sites (tertiary alicyclic amines) is 1. The Kier molecular flexibility index (Phi) is 4.95. The van der Waals surface area contributed by atoms with Gasteiger partial charge in [-0.1, -0.05) is 12.2 Å². The van der Waals surface area contributed by atoms with E-state index >= 15 is 0 Å². The highest BCUT2D eigenvalue weighted by molar-refractivity contribution is 7.80. The number of nitrogens with one attached hydrogen (secondary N) is 1. The van der Waals surface area contributed by atoms with Crippen LogP contribution in [0.3, 0.4) is 0 Å². The summed E-state index contributed by atoms with van der Waals surface area (Å²) < 4.78 is 0. The molecule has 0 spiro atoms. The van der Waals surface area contributed by atoms with E-state index in [0.29, 0.717) is 11.5 Å². The summed E-state index contributed by atoms with van der Waals surface area (Å²) in [6, 6.07) is 0.255. The molecular weight excluding hydrogens is 224 g/mol. The molecule has 1 aliphatic heterocycles. The molecule has 1 saturated heterocycles. The van der Waals surface area contributed by atoms with Crippen LogP contribution in [0.15, 0.2) is 0 Å². The van der Waals surface area contributed by atoms with E-state index < -0.39 is 0 Å². The third kappa shape index (κ3) is 4.32. The Labute approximate surface area is 102 Å². The van der Waals surface area contributed by atoms with Crippen LogP contribution in [-0.2, 0) is 0 Å². The van der Waals surface area contributed by atoms with E-state index in [1.807, 2.05) is 0 Å². The van der Waals surface area contributed by atoms with Gasteiger partial charge in [0.2, 0.25) is 0 Å². The minimum Gasteiger partial charge on any atom is -0.392 e. The molecule has 0 aromatic carbocycles. The van der Waals surface area contributed by atoms with Crippen molar-refractivity contribution in [3.05, 3.63) is 0 Å². The fourth-order valence-electron chi connectivity index (χ4n) is 1.76. The van der Waals surface area contributed by atoms with Crippen molar-refractivity contribution in [3.63, 3.8) is 0 Å². The fourth-order valence-corrected chi connectivity index (χ4v) is 1.94. The van der Waals surface area contributed by atoms with E-state index in [2.05, 4.69) is 10.2 Å². The summed E-state index contributed by atoms with van der Waals surface area (Å²) in [5, 5.41) is 2.99. The maximum Gasteiger partial charge on any atom is 0.317 e. The van der Waals surface area contributed by atoms with E-state index in [4.69, 9.17) is 18.0 Å². The zero-order chi connectivity index (χ0) is 12.1. The molecule has 6 heteroatoms. The highest BCUT2D eigenvalue weighted by Gasteiger charge is 2.21. The molecule has 0 radical (unpaired) electrons. The van der Waals surface area contributed by atoms with Crippen LogP contribution in [0.4, 0.5) is 4.79 Å². The van der Waals surface area contributed by atoms with Crippen molar-refractivity contribution in [3.8, 4) is 0 Å². The van der Waals surface area contributed by atoms with Crippen molar-refractivity contribution >= 4 is 23.2 Å². The minimum atomic E-state index is -0.0206. The molecule has 16 heavy (non-hydrogen) atoms. The first kappa shape index (κ1) is 13.2. The molecule has 0 aromatic heterocycles. The molecule has 0 saturated carbocycles. The second-order valence-corrected chi connectivity index (χ2v) is 4.89. The van der Waals surface area contributed by atoms with E-state index in [0.717, 1.165) is 25.9 Å². The average molecular weight is 244 g/mol. The second-order valence-electron chi connectivity index (χ2n) is 4.36. The predicted octanol–water partition coefficient (Wildman–Crippen LogP) is 0.00810. The first-order valence-electron chi connectivity index (χ1n) is 5.47. The lowest BCUT2D eigenvalue weighted by molar-refractivity contribution is 0.192. The lowest BCUT2D eigenvalue weighted by atomic mass is 10.1. The van der Waals surface area contributed by atoms with Crippen LogP contribution in [0.1, 0.15) is 12.8 Å². The Bertz CT molecular complexity index is 262. The summed E-state index contributed by atoms with van der Waals surface area (Å²) in [5.41, 5.74) is 5.49. The number of nitrogens with zero attached hydrogens (tertiary/aromatic N) is 2. The molecule has 0 unspecified atom stereocenters. The number of carbonyl (C=O) groups is 1. The predicted molar refractivity (Wildman–Crippen MR) is 68.5 cm³/mol. The van der Waals surface area contributed by atoms with Gasteiger partial charge in [-0.15, -0.1) is 0 Å². The standard InChI is InChI=1S/C10H20N4OS/c1-13(2)10(15)12-8-3-5-14(6-4-8)7-9(11)16/h8H,3-7H2,1-2H3,(H2,11,16)(H,12,15). The van der Waals surface area contributed by atoms with Crippen LogP contribution in [0, 0.1) is 0 Å². The van der Waals surface area contributed by atoms with Gasteiger partial charge in [0.15, 0.2) is 0 Å². The van der Waals surface area contributed by atoms with Gasteiger partial charge in [-0.25, -0.2) is 4.79 Å². The van der Waals surface area contributed by atoms with Gasteiger partial charge in [-0.05, 0) is 12.8 Å². The number of amides is 2. The number of rotatable bonds is 3. The molecule has 1 heterocycles. The van der Waals surface area contributed by atoms with E-state index in [-0.39, 0.29) is 12.1 Å². The molecule has 0 aliphatic carbocycles. The molecular formula is C10H20N4OS. The Balaban J connectivity index is 2.27. The largest absolute Gasteiger partial charge is 0.392 e. The summed E-state index contributed by atoms with van der Waals surface area (Å²) in [5.74, 6) is 0. The van der Waals surface area contributed by atoms with Crippen molar-refractivity contribution in [2.24, 2.45) is 5.73 Å². The van der Waals surface area contributed by atoms with Gasteiger partial charge in [0.25, 0.3) is 0 Å². The number of piperidine rings is 1. The Hall–Kier alpha value is -0.880. The number of urea groups is 1. The summed E-state index contributed by atoms with van der Waals surface area (Å²) in [7, 11) is 3.49. The van der Waals surface area contributed by atoms with Gasteiger partial charge in [0.05, 0.1) is 4.99 Å². The fraction of sp³-hybridized carbons (Fsp3) is 0.800. The van der Waals surface area contributed by atoms with Gasteiger partial charge in [-0.3, -0.25) is 4.90 Å². The first-order chi connectivity index (χ1) is 7.49. The van der Waals surface area contributed by atoms with E-state index in [1.54, 1.807) is 19.0 Å². The van der Waals surface area contributed by atoms with Gasteiger partial charge in [-0.2, -0.15) is 0 Å². The third-order valence-electron chi connectivity index (χ3n) is 2.70. The number of hydrogen-bond donors (Lipinski definition) is 2. The Morgan fingerprint density at radius 1 is 1.50 bits per heavy atom. The molecule has 3 N–H and O–H groups in total. The monoisotopic (exact) mass is 244 g/mol. The number of carbonyl (C=O) groups excluding carboxylic acids is 1. The molecule has 92 valence electrons. The first-order valence-corrected chi connectivity index (χ1v) is 5.88. The quantitative estimate of drug-likeness (QED) is 0.687.